The Bertz CT molecular complexity index is 1160. The fourth-order valence-corrected chi connectivity index (χ4v) is 5.44. The van der Waals surface area contributed by atoms with Gasteiger partial charge < -0.3 is 10.2 Å². The molecule has 0 unspecified atom stereocenters. The summed E-state index contributed by atoms with van der Waals surface area (Å²) in [4.78, 5) is 25.9. The quantitative estimate of drug-likeness (QED) is 0.703. The maximum atomic E-state index is 13.6. The first-order valence-electron chi connectivity index (χ1n) is 8.45. The zero-order valence-electron chi connectivity index (χ0n) is 15.5. The minimum absolute atomic E-state index is 0.0194. The summed E-state index contributed by atoms with van der Waals surface area (Å²) in [5, 5.41) is 2.63. The molecule has 146 valence electrons. The van der Waals surface area contributed by atoms with Crippen molar-refractivity contribution in [2.75, 3.05) is 13.6 Å². The molecule has 1 amide bonds. The second-order valence-electron chi connectivity index (χ2n) is 6.22. The van der Waals surface area contributed by atoms with Crippen LogP contribution in [-0.4, -0.2) is 42.7 Å². The van der Waals surface area contributed by atoms with Crippen LogP contribution in [0.25, 0.3) is 10.2 Å². The molecule has 0 spiro atoms. The number of hydrogen-bond acceptors (Lipinski definition) is 5. The first kappa shape index (κ1) is 20.1. The van der Waals surface area contributed by atoms with Crippen LogP contribution in [0.5, 0.6) is 0 Å². The molecule has 2 heterocycles. The van der Waals surface area contributed by atoms with Crippen LogP contribution in [0.15, 0.2) is 41.4 Å². The fraction of sp³-hybridized carbons (Fsp3) is 0.211. The Hall–Kier alpha value is -2.61. The van der Waals surface area contributed by atoms with Crippen molar-refractivity contribution in [3.8, 4) is 0 Å². The molecule has 3 rings (SSSR count). The van der Waals surface area contributed by atoms with Crippen LogP contribution in [0, 0.1) is 6.92 Å². The van der Waals surface area contributed by atoms with Crippen LogP contribution in [-0.2, 0) is 14.8 Å². The topological polar surface area (TPSA) is 88.5 Å². The fourth-order valence-electron chi connectivity index (χ4n) is 3.09. The summed E-state index contributed by atoms with van der Waals surface area (Å²) in [6.07, 6.45) is 1.62. The summed E-state index contributed by atoms with van der Waals surface area (Å²) in [6.45, 7) is 3.74. The lowest BCUT2D eigenvalue weighted by molar-refractivity contribution is 0.0950. The van der Waals surface area contributed by atoms with Crippen molar-refractivity contribution in [3.05, 3.63) is 59.0 Å². The third kappa shape index (κ3) is 3.11. The highest BCUT2D eigenvalue weighted by molar-refractivity contribution is 9.15. The zero-order chi connectivity index (χ0) is 20.6. The number of fused-ring (bicyclic) bond motifs is 1. The highest BCUT2D eigenvalue weighted by atomic mass is 79.9. The van der Waals surface area contributed by atoms with E-state index in [1.807, 2.05) is 0 Å². The van der Waals surface area contributed by atoms with Gasteiger partial charge in [-0.15, -0.1) is 0 Å². The van der Waals surface area contributed by atoms with E-state index in [1.54, 1.807) is 51.2 Å². The summed E-state index contributed by atoms with van der Waals surface area (Å²) in [5.74, 6) is 1.25. The Morgan fingerprint density at radius 2 is 1.96 bits per heavy atom. The number of rotatable bonds is 4. The third-order valence-electron chi connectivity index (χ3n) is 4.38. The molecule has 28 heavy (non-hydrogen) atoms. The van der Waals surface area contributed by atoms with Gasteiger partial charge in [0.15, 0.2) is 11.6 Å². The van der Waals surface area contributed by atoms with Crippen LogP contribution in [0.2, 0.25) is 0 Å². The predicted octanol–water partition coefficient (Wildman–Crippen LogP) is 2.59. The molecule has 1 N–H and O–H groups in total. The van der Waals surface area contributed by atoms with Gasteiger partial charge in [-0.25, -0.2) is 17.2 Å². The van der Waals surface area contributed by atoms with Crippen molar-refractivity contribution in [3.63, 3.8) is 0 Å². The van der Waals surface area contributed by atoms with Gasteiger partial charge in [0.25, 0.3) is 15.9 Å². The Balaban J connectivity index is 2.43. The molecular formula is C19H18BrN3O4S. The summed E-state index contributed by atoms with van der Waals surface area (Å²) in [6, 6.07) is 7.95. The molecule has 0 saturated heterocycles. The van der Waals surface area contributed by atoms with Gasteiger partial charge in [-0.05, 0) is 47.5 Å². The second-order valence-corrected chi connectivity index (χ2v) is 8.83. The van der Waals surface area contributed by atoms with E-state index in [0.717, 1.165) is 3.97 Å². The monoisotopic (exact) mass is 463 g/mol. The molecule has 0 fully saturated rings. The predicted molar refractivity (Wildman–Crippen MR) is 110 cm³/mol. The average Bonchev–Trinajstić information content (AvgIpc) is 3.04. The van der Waals surface area contributed by atoms with E-state index in [2.05, 4.69) is 21.2 Å². The van der Waals surface area contributed by atoms with Gasteiger partial charge in [0.05, 0.1) is 4.90 Å². The Morgan fingerprint density at radius 1 is 1.29 bits per heavy atom. The maximum Gasteiger partial charge on any atom is 0.269 e. The summed E-state index contributed by atoms with van der Waals surface area (Å²) in [7, 11) is -2.57. The molecule has 0 atom stereocenters. The van der Waals surface area contributed by atoms with E-state index in [1.165, 1.54) is 17.0 Å². The van der Waals surface area contributed by atoms with Crippen molar-refractivity contribution < 1.29 is 18.0 Å². The number of benzene rings is 1. The second kappa shape index (κ2) is 7.43. The lowest BCUT2D eigenvalue weighted by Gasteiger charge is -2.24. The van der Waals surface area contributed by atoms with Gasteiger partial charge in [-0.3, -0.25) is 4.79 Å². The molecule has 2 aromatic rings. The Kier molecular flexibility index (Phi) is 5.34. The first-order valence-corrected chi connectivity index (χ1v) is 10.7. The first-order chi connectivity index (χ1) is 13.2. The number of aryl methyl sites for hydroxylation is 1. The molecule has 0 radical (unpaired) electrons. The van der Waals surface area contributed by atoms with E-state index >= 15 is 0 Å². The minimum atomic E-state index is -4.17. The summed E-state index contributed by atoms with van der Waals surface area (Å²) in [5.41, 5.74) is 0.989. The van der Waals surface area contributed by atoms with Gasteiger partial charge in [0.1, 0.15) is 11.4 Å². The lowest BCUT2D eigenvalue weighted by Crippen LogP contribution is -2.30. The van der Waals surface area contributed by atoms with Crippen LogP contribution in [0.1, 0.15) is 34.2 Å². The Labute approximate surface area is 171 Å². The molecular weight excluding hydrogens is 446 g/mol. The van der Waals surface area contributed by atoms with Crippen LogP contribution >= 0.6 is 15.9 Å². The molecule has 1 aromatic heterocycles. The maximum absolute atomic E-state index is 13.6. The van der Waals surface area contributed by atoms with Gasteiger partial charge in [0.2, 0.25) is 0 Å². The standard InChI is InChI=1S/C19H18BrN3O4S/c1-4-21-19(25)15-9-13-14(20)10-22(3)16(11-24)18(13)23(15)28(26,27)17-8-6-5-7-12(17)2/h5-10H,4H2,1-3H3,(H,21,25). The highest BCUT2D eigenvalue weighted by Gasteiger charge is 2.35. The van der Waals surface area contributed by atoms with Crippen molar-refractivity contribution in [2.24, 2.45) is 0 Å². The molecule has 1 aliphatic rings. The summed E-state index contributed by atoms with van der Waals surface area (Å²) < 4.78 is 28.6. The van der Waals surface area contributed by atoms with Crippen molar-refractivity contribution in [2.45, 2.75) is 18.7 Å². The molecule has 7 nitrogen and oxygen atoms in total. The number of nitrogens with zero attached hydrogens (tertiary/aromatic N) is 2. The number of aromatic nitrogens is 1. The molecule has 1 aromatic carbocycles. The lowest BCUT2D eigenvalue weighted by atomic mass is 10.1. The number of carbonyl (C=O) groups is 1. The van der Waals surface area contributed by atoms with Crippen LogP contribution < -0.4 is 5.32 Å². The van der Waals surface area contributed by atoms with Crippen LogP contribution in [0.3, 0.4) is 0 Å². The van der Waals surface area contributed by atoms with Gasteiger partial charge in [-0.1, -0.05) is 18.2 Å². The number of hydrogen-bond donors (Lipinski definition) is 1. The number of carbonyl (C=O) groups excluding carboxylic acids is 2. The van der Waals surface area contributed by atoms with E-state index in [0.29, 0.717) is 22.2 Å². The largest absolute Gasteiger partial charge is 0.351 e. The van der Waals surface area contributed by atoms with Crippen LogP contribution in [0.4, 0.5) is 0 Å². The average molecular weight is 464 g/mol. The molecule has 0 saturated carbocycles. The van der Waals surface area contributed by atoms with Gasteiger partial charge in [-0.2, -0.15) is 0 Å². The molecule has 0 bridgehead atoms. The van der Waals surface area contributed by atoms with E-state index < -0.39 is 15.9 Å². The molecule has 1 aliphatic heterocycles. The van der Waals surface area contributed by atoms with Gasteiger partial charge in [0, 0.05) is 29.8 Å². The normalized spacial score (nSPS) is 13.6. The third-order valence-corrected chi connectivity index (χ3v) is 6.88. The Morgan fingerprint density at radius 3 is 2.57 bits per heavy atom. The van der Waals surface area contributed by atoms with E-state index in [9.17, 15) is 18.0 Å². The molecule has 0 aliphatic carbocycles. The van der Waals surface area contributed by atoms with Gasteiger partial charge >= 0.3 is 0 Å². The summed E-state index contributed by atoms with van der Waals surface area (Å²) >= 11 is 3.39. The van der Waals surface area contributed by atoms with E-state index in [-0.39, 0.29) is 22.0 Å². The zero-order valence-corrected chi connectivity index (χ0v) is 17.9. The van der Waals surface area contributed by atoms with Crippen molar-refractivity contribution in [1.29, 1.82) is 0 Å². The minimum Gasteiger partial charge on any atom is -0.351 e. The van der Waals surface area contributed by atoms with Crippen molar-refractivity contribution >= 4 is 48.0 Å². The van der Waals surface area contributed by atoms with Crippen molar-refractivity contribution in [1.82, 2.24) is 14.2 Å². The smallest absolute Gasteiger partial charge is 0.269 e. The molecule has 9 heteroatoms. The van der Waals surface area contributed by atoms with E-state index in [4.69, 9.17) is 0 Å². The number of nitrogens with one attached hydrogen (secondary N) is 1. The number of amides is 1. The SMILES string of the molecule is CCNC(=O)c1cc2c(n1S(=O)(=O)c1ccccc1C)C(=C=O)N(C)C=C2Br. The number of halogens is 1. The highest BCUT2D eigenvalue weighted by Crippen LogP contribution is 2.39.